The first kappa shape index (κ1) is 17.7. The van der Waals surface area contributed by atoms with Crippen LogP contribution in [0, 0.1) is 0 Å². The van der Waals surface area contributed by atoms with Crippen molar-refractivity contribution in [3.63, 3.8) is 0 Å². The molecule has 122 valence electrons. The Bertz CT molecular complexity index is 789. The van der Waals surface area contributed by atoms with Crippen molar-refractivity contribution in [1.29, 1.82) is 0 Å². The molecule has 0 radical (unpaired) electrons. The van der Waals surface area contributed by atoms with Gasteiger partial charge >= 0.3 is 5.97 Å². The molecular weight excluding hydrogens is 361 g/mol. The molecule has 5 nitrogen and oxygen atoms in total. The maximum Gasteiger partial charge on any atom is 0.328 e. The van der Waals surface area contributed by atoms with E-state index >= 15 is 0 Å². The molecule has 0 saturated heterocycles. The van der Waals surface area contributed by atoms with Gasteiger partial charge in [0.1, 0.15) is 6.04 Å². The summed E-state index contributed by atoms with van der Waals surface area (Å²) in [5, 5.41) is 0.347. The lowest BCUT2D eigenvalue weighted by atomic mass is 10.1. The van der Waals surface area contributed by atoms with Crippen LogP contribution < -0.4 is 4.72 Å². The average molecular weight is 374 g/mol. The highest BCUT2D eigenvalue weighted by molar-refractivity contribution is 7.89. The van der Waals surface area contributed by atoms with Gasteiger partial charge in [0.05, 0.1) is 12.0 Å². The summed E-state index contributed by atoms with van der Waals surface area (Å²) in [7, 11) is -2.84. The number of halogens is 2. The van der Waals surface area contributed by atoms with Crippen molar-refractivity contribution in [2.75, 3.05) is 7.11 Å². The Balaban J connectivity index is 2.40. The van der Waals surface area contributed by atoms with E-state index in [1.54, 1.807) is 30.3 Å². The molecule has 0 aliphatic heterocycles. The van der Waals surface area contributed by atoms with E-state index in [1.807, 2.05) is 0 Å². The fourth-order valence-corrected chi connectivity index (χ4v) is 3.82. The highest BCUT2D eigenvalue weighted by atomic mass is 35.5. The second-order valence-corrected chi connectivity index (χ2v) is 7.18. The summed E-state index contributed by atoms with van der Waals surface area (Å²) >= 11 is 11.7. The second kappa shape index (κ2) is 7.31. The van der Waals surface area contributed by atoms with Gasteiger partial charge in [0, 0.05) is 10.0 Å². The van der Waals surface area contributed by atoms with Crippen molar-refractivity contribution >= 4 is 39.2 Å². The topological polar surface area (TPSA) is 72.5 Å². The summed E-state index contributed by atoms with van der Waals surface area (Å²) in [6, 6.07) is 11.1. The maximum atomic E-state index is 12.5. The molecule has 1 N–H and O–H groups in total. The zero-order valence-electron chi connectivity index (χ0n) is 12.0. The highest BCUT2D eigenvalue weighted by Gasteiger charge is 2.28. The SMILES string of the molecule is COC(=O)C(NS(=O)(=O)c1cc(Cl)cc(Cl)c1)c1ccccc1. The number of benzene rings is 2. The van der Waals surface area contributed by atoms with Gasteiger partial charge in [-0.3, -0.25) is 0 Å². The summed E-state index contributed by atoms with van der Waals surface area (Å²) in [4.78, 5) is 11.8. The van der Waals surface area contributed by atoms with E-state index in [-0.39, 0.29) is 14.9 Å². The minimum atomic E-state index is -4.03. The van der Waals surface area contributed by atoms with E-state index in [1.165, 1.54) is 25.3 Å². The molecule has 2 aromatic carbocycles. The quantitative estimate of drug-likeness (QED) is 0.816. The van der Waals surface area contributed by atoms with Gasteiger partial charge < -0.3 is 4.74 Å². The van der Waals surface area contributed by atoms with Gasteiger partial charge in [-0.05, 0) is 23.8 Å². The summed E-state index contributed by atoms with van der Waals surface area (Å²) in [5.41, 5.74) is 0.455. The highest BCUT2D eigenvalue weighted by Crippen LogP contribution is 2.24. The van der Waals surface area contributed by atoms with Crippen molar-refractivity contribution in [3.8, 4) is 0 Å². The van der Waals surface area contributed by atoms with Crippen LogP contribution in [-0.4, -0.2) is 21.5 Å². The number of rotatable bonds is 5. The standard InChI is InChI=1S/C15H13Cl2NO4S/c1-22-15(19)14(10-5-3-2-4-6-10)18-23(20,21)13-8-11(16)7-12(17)9-13/h2-9,14,18H,1H3. The molecule has 1 unspecified atom stereocenters. The molecule has 0 aromatic heterocycles. The predicted octanol–water partition coefficient (Wildman–Crippen LogP) is 3.19. The van der Waals surface area contributed by atoms with E-state index in [4.69, 9.17) is 23.2 Å². The number of esters is 1. The van der Waals surface area contributed by atoms with Crippen LogP contribution in [0.2, 0.25) is 10.0 Å². The van der Waals surface area contributed by atoms with Crippen molar-refractivity contribution < 1.29 is 17.9 Å². The minimum Gasteiger partial charge on any atom is -0.468 e. The van der Waals surface area contributed by atoms with Gasteiger partial charge in [-0.15, -0.1) is 0 Å². The molecule has 0 amide bonds. The number of hydrogen-bond donors (Lipinski definition) is 1. The van der Waals surface area contributed by atoms with Gasteiger partial charge in [-0.1, -0.05) is 53.5 Å². The molecule has 0 heterocycles. The lowest BCUT2D eigenvalue weighted by molar-refractivity contribution is -0.142. The fraction of sp³-hybridized carbons (Fsp3) is 0.133. The molecule has 0 aliphatic carbocycles. The summed E-state index contributed by atoms with van der Waals surface area (Å²) in [5.74, 6) is -0.729. The minimum absolute atomic E-state index is 0.139. The van der Waals surface area contributed by atoms with Crippen LogP contribution in [0.4, 0.5) is 0 Å². The molecule has 0 saturated carbocycles. The zero-order valence-corrected chi connectivity index (χ0v) is 14.3. The molecule has 23 heavy (non-hydrogen) atoms. The third-order valence-electron chi connectivity index (χ3n) is 2.99. The Labute approximate surface area is 144 Å². The molecular formula is C15H13Cl2NO4S. The van der Waals surface area contributed by atoms with Crippen LogP contribution in [0.25, 0.3) is 0 Å². The van der Waals surface area contributed by atoms with Crippen molar-refractivity contribution in [1.82, 2.24) is 4.72 Å². The lowest BCUT2D eigenvalue weighted by Gasteiger charge is -2.17. The molecule has 0 aliphatic rings. The van der Waals surface area contributed by atoms with Crippen LogP contribution in [0.1, 0.15) is 11.6 Å². The Hall–Kier alpha value is -1.60. The monoisotopic (exact) mass is 373 g/mol. The van der Waals surface area contributed by atoms with E-state index < -0.39 is 22.0 Å². The van der Waals surface area contributed by atoms with Gasteiger partial charge in [0.25, 0.3) is 0 Å². The number of methoxy groups -OCH3 is 1. The molecule has 0 bridgehead atoms. The van der Waals surface area contributed by atoms with Gasteiger partial charge in [-0.25, -0.2) is 13.2 Å². The third kappa shape index (κ3) is 4.45. The maximum absolute atomic E-state index is 12.5. The Morgan fingerprint density at radius 3 is 2.17 bits per heavy atom. The first-order chi connectivity index (χ1) is 10.8. The van der Waals surface area contributed by atoms with E-state index in [0.29, 0.717) is 5.56 Å². The predicted molar refractivity (Wildman–Crippen MR) is 88.0 cm³/mol. The second-order valence-electron chi connectivity index (χ2n) is 4.59. The van der Waals surface area contributed by atoms with Crippen molar-refractivity contribution in [3.05, 3.63) is 64.1 Å². The van der Waals surface area contributed by atoms with Crippen LogP contribution in [0.15, 0.2) is 53.4 Å². The van der Waals surface area contributed by atoms with Crippen LogP contribution in [-0.2, 0) is 19.6 Å². The molecule has 2 aromatic rings. The van der Waals surface area contributed by atoms with Gasteiger partial charge in [-0.2, -0.15) is 4.72 Å². The molecule has 8 heteroatoms. The smallest absolute Gasteiger partial charge is 0.328 e. The zero-order chi connectivity index (χ0) is 17.0. The van der Waals surface area contributed by atoms with E-state index in [0.717, 1.165) is 0 Å². The van der Waals surface area contributed by atoms with E-state index in [2.05, 4.69) is 9.46 Å². The normalized spacial score (nSPS) is 12.7. The average Bonchev–Trinajstić information content (AvgIpc) is 2.52. The molecule has 1 atom stereocenters. The van der Waals surface area contributed by atoms with Crippen LogP contribution in [0.3, 0.4) is 0 Å². The number of ether oxygens (including phenoxy) is 1. The number of sulfonamides is 1. The van der Waals surface area contributed by atoms with Crippen molar-refractivity contribution in [2.45, 2.75) is 10.9 Å². The molecule has 2 rings (SSSR count). The van der Waals surface area contributed by atoms with Gasteiger partial charge in [0.2, 0.25) is 10.0 Å². The summed E-state index contributed by atoms with van der Waals surface area (Å²) in [6.45, 7) is 0. The third-order valence-corrected chi connectivity index (χ3v) is 4.83. The van der Waals surface area contributed by atoms with Crippen LogP contribution in [0.5, 0.6) is 0 Å². The fourth-order valence-electron chi connectivity index (χ4n) is 1.92. The molecule has 0 spiro atoms. The first-order valence-electron chi connectivity index (χ1n) is 6.44. The largest absolute Gasteiger partial charge is 0.468 e. The van der Waals surface area contributed by atoms with Crippen molar-refractivity contribution in [2.24, 2.45) is 0 Å². The molecule has 0 fully saturated rings. The Morgan fingerprint density at radius 1 is 1.09 bits per heavy atom. The summed E-state index contributed by atoms with van der Waals surface area (Å²) < 4.78 is 32.0. The lowest BCUT2D eigenvalue weighted by Crippen LogP contribution is -2.34. The first-order valence-corrected chi connectivity index (χ1v) is 8.68. The number of nitrogens with one attached hydrogen (secondary N) is 1. The number of carbonyl (C=O) groups is 1. The van der Waals surface area contributed by atoms with Gasteiger partial charge in [0.15, 0.2) is 0 Å². The Morgan fingerprint density at radius 2 is 1.65 bits per heavy atom. The Kier molecular flexibility index (Phi) is 5.64. The number of hydrogen-bond acceptors (Lipinski definition) is 4. The number of carbonyl (C=O) groups excluding carboxylic acids is 1. The summed E-state index contributed by atoms with van der Waals surface area (Å²) in [6.07, 6.45) is 0. The van der Waals surface area contributed by atoms with Crippen LogP contribution >= 0.6 is 23.2 Å². The van der Waals surface area contributed by atoms with E-state index in [9.17, 15) is 13.2 Å².